The Balaban J connectivity index is 3.07. The van der Waals surface area contributed by atoms with E-state index in [1.54, 1.807) is 6.07 Å². The first-order valence-electron chi connectivity index (χ1n) is 2.60. The number of hydrogen-bond acceptors (Lipinski definition) is 1. The zero-order chi connectivity index (χ0) is 7.56. The summed E-state index contributed by atoms with van der Waals surface area (Å²) in [7, 11) is 0. The molecule has 10 heavy (non-hydrogen) atoms. The molecule has 0 atom stereocenters. The molecule has 0 saturated carbocycles. The molecule has 51 valence electrons. The Bertz CT molecular complexity index is 258. The molecule has 0 bridgehead atoms. The molecule has 2 nitrogen and oxygen atoms in total. The molecular formula is C7H4ClO2. The minimum Gasteiger partial charge on any atom is -0.478 e. The van der Waals surface area contributed by atoms with Gasteiger partial charge in [0, 0.05) is 5.02 Å². The molecule has 1 N–H and O–H groups in total. The summed E-state index contributed by atoms with van der Waals surface area (Å²) < 4.78 is 0. The maximum atomic E-state index is 10.3. The second-order valence-corrected chi connectivity index (χ2v) is 2.16. The van der Waals surface area contributed by atoms with Crippen LogP contribution in [0.1, 0.15) is 10.4 Å². The van der Waals surface area contributed by atoms with Gasteiger partial charge in [-0.15, -0.1) is 0 Å². The van der Waals surface area contributed by atoms with Gasteiger partial charge in [0.25, 0.3) is 0 Å². The number of carboxylic acid groups (broad SMARTS) is 1. The summed E-state index contributed by atoms with van der Waals surface area (Å²) in [6, 6.07) is 6.93. The molecule has 0 unspecified atom stereocenters. The van der Waals surface area contributed by atoms with E-state index in [1.807, 2.05) is 0 Å². The summed E-state index contributed by atoms with van der Waals surface area (Å²) in [6.45, 7) is 0. The molecule has 0 aromatic heterocycles. The lowest BCUT2D eigenvalue weighted by molar-refractivity contribution is 0.0696. The fourth-order valence-corrected chi connectivity index (χ4v) is 0.734. The lowest BCUT2D eigenvalue weighted by Crippen LogP contribution is -1.94. The number of rotatable bonds is 1. The molecule has 0 aliphatic rings. The third-order valence-electron chi connectivity index (χ3n) is 0.994. The van der Waals surface area contributed by atoms with E-state index in [0.717, 1.165) is 0 Å². The number of carboxylic acids is 1. The van der Waals surface area contributed by atoms with Gasteiger partial charge in [0.05, 0.1) is 5.56 Å². The van der Waals surface area contributed by atoms with Crippen LogP contribution in [0, 0.1) is 6.07 Å². The fourth-order valence-electron chi connectivity index (χ4n) is 0.562. The highest BCUT2D eigenvalue weighted by Crippen LogP contribution is 2.09. The quantitative estimate of drug-likeness (QED) is 0.672. The normalized spacial score (nSPS) is 9.30. The molecule has 0 aliphatic carbocycles. The summed E-state index contributed by atoms with van der Waals surface area (Å²) in [5.41, 5.74) is 0.0903. The molecule has 0 amide bonds. The van der Waals surface area contributed by atoms with Crippen LogP contribution < -0.4 is 0 Å². The van der Waals surface area contributed by atoms with Gasteiger partial charge in [0.1, 0.15) is 0 Å². The minimum atomic E-state index is -1.01. The largest absolute Gasteiger partial charge is 0.478 e. The number of halogens is 1. The molecule has 1 aromatic rings. The Morgan fingerprint density at radius 2 is 2.40 bits per heavy atom. The van der Waals surface area contributed by atoms with Crippen molar-refractivity contribution in [3.05, 3.63) is 34.9 Å². The molecule has 0 aliphatic heterocycles. The van der Waals surface area contributed by atoms with Crippen LogP contribution in [-0.4, -0.2) is 11.1 Å². The van der Waals surface area contributed by atoms with Crippen molar-refractivity contribution in [2.75, 3.05) is 0 Å². The monoisotopic (exact) mass is 155 g/mol. The van der Waals surface area contributed by atoms with Gasteiger partial charge >= 0.3 is 5.97 Å². The van der Waals surface area contributed by atoms with Crippen LogP contribution in [0.2, 0.25) is 5.02 Å². The standard InChI is InChI=1S/C7H4ClO2/c8-6-3-1-2-5(4-6)7(9)10/h1,3-4H,(H,9,10). The molecule has 1 rings (SSSR count). The van der Waals surface area contributed by atoms with Crippen LogP contribution in [0.25, 0.3) is 0 Å². The Kier molecular flexibility index (Phi) is 1.92. The lowest BCUT2D eigenvalue weighted by Gasteiger charge is -1.91. The summed E-state index contributed by atoms with van der Waals surface area (Å²) in [5, 5.41) is 8.83. The second kappa shape index (κ2) is 2.71. The molecule has 3 heteroatoms. The third kappa shape index (κ3) is 1.48. The van der Waals surface area contributed by atoms with Crippen molar-refractivity contribution < 1.29 is 9.90 Å². The number of benzene rings is 1. The average Bonchev–Trinajstić information content (AvgIpc) is 1.88. The first-order chi connectivity index (χ1) is 4.70. The van der Waals surface area contributed by atoms with Gasteiger partial charge in [-0.1, -0.05) is 17.7 Å². The van der Waals surface area contributed by atoms with Gasteiger partial charge in [-0.3, -0.25) is 0 Å². The Morgan fingerprint density at radius 1 is 1.70 bits per heavy atom. The Hall–Kier alpha value is -1.02. The zero-order valence-electron chi connectivity index (χ0n) is 4.97. The smallest absolute Gasteiger partial charge is 0.336 e. The van der Waals surface area contributed by atoms with Gasteiger partial charge in [-0.2, -0.15) is 0 Å². The first-order valence-corrected chi connectivity index (χ1v) is 2.98. The van der Waals surface area contributed by atoms with E-state index in [4.69, 9.17) is 16.7 Å². The molecule has 0 saturated heterocycles. The van der Waals surface area contributed by atoms with Gasteiger partial charge in [-0.05, 0) is 18.2 Å². The van der Waals surface area contributed by atoms with Gasteiger partial charge in [0.2, 0.25) is 0 Å². The number of hydrogen-bond donors (Lipinski definition) is 1. The van der Waals surface area contributed by atoms with Crippen molar-refractivity contribution in [1.82, 2.24) is 0 Å². The van der Waals surface area contributed by atoms with E-state index in [1.165, 1.54) is 12.1 Å². The summed E-state index contributed by atoms with van der Waals surface area (Å²) in [5.74, 6) is -1.01. The first kappa shape index (κ1) is 7.09. The van der Waals surface area contributed by atoms with Crippen molar-refractivity contribution in [2.45, 2.75) is 0 Å². The van der Waals surface area contributed by atoms with E-state index in [2.05, 4.69) is 6.07 Å². The summed E-state index contributed by atoms with van der Waals surface area (Å²) in [6.07, 6.45) is 0. The van der Waals surface area contributed by atoms with E-state index in [0.29, 0.717) is 5.02 Å². The van der Waals surface area contributed by atoms with Crippen LogP contribution in [0.5, 0.6) is 0 Å². The van der Waals surface area contributed by atoms with Crippen molar-refractivity contribution in [3.8, 4) is 0 Å². The SMILES string of the molecule is O=C(O)c1[c]ccc(Cl)c1. The van der Waals surface area contributed by atoms with Crippen LogP contribution in [0.4, 0.5) is 0 Å². The molecule has 0 heterocycles. The maximum absolute atomic E-state index is 10.3. The molecule has 0 fully saturated rings. The predicted molar refractivity (Wildman–Crippen MR) is 37.2 cm³/mol. The fraction of sp³-hybridized carbons (Fsp3) is 0. The van der Waals surface area contributed by atoms with Crippen molar-refractivity contribution in [1.29, 1.82) is 0 Å². The molecule has 0 spiro atoms. The highest BCUT2D eigenvalue weighted by atomic mass is 35.5. The number of aromatic carboxylic acids is 1. The molecule has 1 aromatic carbocycles. The zero-order valence-corrected chi connectivity index (χ0v) is 5.72. The van der Waals surface area contributed by atoms with Crippen LogP contribution in [0.15, 0.2) is 18.2 Å². The maximum Gasteiger partial charge on any atom is 0.336 e. The van der Waals surface area contributed by atoms with E-state index in [-0.39, 0.29) is 5.56 Å². The number of carbonyl (C=O) groups is 1. The molecular weight excluding hydrogens is 152 g/mol. The average molecular weight is 156 g/mol. The Labute approximate surface area is 63.1 Å². The van der Waals surface area contributed by atoms with Crippen LogP contribution in [0.3, 0.4) is 0 Å². The highest BCUT2D eigenvalue weighted by Gasteiger charge is 2.00. The topological polar surface area (TPSA) is 37.3 Å². The predicted octanol–water partition coefficient (Wildman–Crippen LogP) is 1.84. The third-order valence-corrected chi connectivity index (χ3v) is 1.23. The van der Waals surface area contributed by atoms with Crippen molar-refractivity contribution in [2.24, 2.45) is 0 Å². The van der Waals surface area contributed by atoms with Crippen LogP contribution in [-0.2, 0) is 0 Å². The van der Waals surface area contributed by atoms with Crippen LogP contribution >= 0.6 is 11.6 Å². The Morgan fingerprint density at radius 3 is 2.80 bits per heavy atom. The summed E-state index contributed by atoms with van der Waals surface area (Å²) >= 11 is 5.51. The van der Waals surface area contributed by atoms with Gasteiger partial charge in [-0.25, -0.2) is 4.79 Å². The summed E-state index contributed by atoms with van der Waals surface area (Å²) in [4.78, 5) is 10.3. The minimum absolute atomic E-state index is 0.0903. The van der Waals surface area contributed by atoms with E-state index >= 15 is 0 Å². The second-order valence-electron chi connectivity index (χ2n) is 1.73. The lowest BCUT2D eigenvalue weighted by atomic mass is 10.2. The highest BCUT2D eigenvalue weighted by molar-refractivity contribution is 6.30. The van der Waals surface area contributed by atoms with Gasteiger partial charge < -0.3 is 5.11 Å². The molecule has 1 radical (unpaired) electrons. The van der Waals surface area contributed by atoms with Gasteiger partial charge in [0.15, 0.2) is 0 Å². The van der Waals surface area contributed by atoms with Crippen molar-refractivity contribution in [3.63, 3.8) is 0 Å². The van der Waals surface area contributed by atoms with E-state index in [9.17, 15) is 4.79 Å². The van der Waals surface area contributed by atoms with Crippen molar-refractivity contribution >= 4 is 17.6 Å². The van der Waals surface area contributed by atoms with E-state index < -0.39 is 5.97 Å².